The summed E-state index contributed by atoms with van der Waals surface area (Å²) in [5.74, 6) is 1.76. The summed E-state index contributed by atoms with van der Waals surface area (Å²) in [5.41, 5.74) is 15.9. The molecule has 0 saturated carbocycles. The standard InChI is InChI=1S/C26H30N10O2/c1-35-12-19(13-35)15-2-3-16-7-20(8-17(16)6-15)29-26-27-10-18(11-28-26)25-33-32-23(38-25)9-24(37)36-5-4-21-22(14-36)31-34-30-21/h2-3,6,10-11,19-20,30-31,34H,4-5,7-9,12-14H2,1H3,(H,27,28,29). The molecule has 5 heterocycles. The van der Waals surface area contributed by atoms with Gasteiger partial charge in [0.15, 0.2) is 0 Å². The Bertz CT molecular complexity index is 1400. The van der Waals surface area contributed by atoms with Crippen LogP contribution in [0.3, 0.4) is 0 Å². The fourth-order valence-electron chi connectivity index (χ4n) is 5.69. The summed E-state index contributed by atoms with van der Waals surface area (Å²) in [7, 11) is 2.17. The number of amides is 1. The number of carbonyl (C=O) groups excluding carboxylic acids is 1. The molecule has 1 aromatic carbocycles. The van der Waals surface area contributed by atoms with E-state index in [1.165, 1.54) is 16.7 Å². The van der Waals surface area contributed by atoms with Gasteiger partial charge in [-0.25, -0.2) is 9.97 Å². The Labute approximate surface area is 219 Å². The number of hydrogen-bond acceptors (Lipinski definition) is 11. The van der Waals surface area contributed by atoms with Gasteiger partial charge in [-0.3, -0.25) is 4.79 Å². The van der Waals surface area contributed by atoms with Crippen LogP contribution in [0.15, 0.2) is 46.4 Å². The number of rotatable bonds is 6. The molecule has 1 atom stereocenters. The summed E-state index contributed by atoms with van der Waals surface area (Å²) in [6.07, 6.45) is 6.10. The van der Waals surface area contributed by atoms with Gasteiger partial charge in [-0.15, -0.1) is 10.2 Å². The number of likely N-dealkylation sites (tertiary alicyclic amines) is 1. The summed E-state index contributed by atoms with van der Waals surface area (Å²) >= 11 is 0. The minimum atomic E-state index is -0.0547. The summed E-state index contributed by atoms with van der Waals surface area (Å²) in [6, 6.07) is 7.23. The molecule has 38 heavy (non-hydrogen) atoms. The Morgan fingerprint density at radius 3 is 2.76 bits per heavy atom. The third-order valence-electron chi connectivity index (χ3n) is 7.82. The van der Waals surface area contributed by atoms with Crippen molar-refractivity contribution in [1.82, 2.24) is 46.4 Å². The third kappa shape index (κ3) is 4.45. The molecule has 4 N–H and O–H groups in total. The highest BCUT2D eigenvalue weighted by atomic mass is 16.4. The lowest BCUT2D eigenvalue weighted by molar-refractivity contribution is -0.130. The summed E-state index contributed by atoms with van der Waals surface area (Å²) in [4.78, 5) is 25.8. The van der Waals surface area contributed by atoms with Gasteiger partial charge in [-0.05, 0) is 36.6 Å². The fourth-order valence-corrected chi connectivity index (χ4v) is 5.69. The number of hydrazine groups is 2. The molecular formula is C26H30N10O2. The second kappa shape index (κ2) is 9.37. The van der Waals surface area contributed by atoms with Crippen LogP contribution in [0.5, 0.6) is 0 Å². The monoisotopic (exact) mass is 514 g/mol. The first-order valence-electron chi connectivity index (χ1n) is 13.1. The molecule has 0 radical (unpaired) electrons. The maximum atomic E-state index is 12.7. The predicted octanol–water partition coefficient (Wildman–Crippen LogP) is 0.734. The van der Waals surface area contributed by atoms with Crippen molar-refractivity contribution < 1.29 is 9.21 Å². The maximum absolute atomic E-state index is 12.7. The average Bonchev–Trinajstić information content (AvgIpc) is 3.66. The Morgan fingerprint density at radius 1 is 1.11 bits per heavy atom. The molecule has 1 aliphatic carbocycles. The average molecular weight is 515 g/mol. The molecule has 2 aromatic heterocycles. The zero-order chi connectivity index (χ0) is 25.6. The van der Waals surface area contributed by atoms with Gasteiger partial charge in [-0.1, -0.05) is 18.2 Å². The lowest BCUT2D eigenvalue weighted by atomic mass is 9.90. The molecule has 0 spiro atoms. The smallest absolute Gasteiger partial charge is 0.250 e. The van der Waals surface area contributed by atoms with E-state index in [0.717, 1.165) is 43.7 Å². The van der Waals surface area contributed by atoms with E-state index in [9.17, 15) is 4.79 Å². The molecule has 3 aromatic rings. The van der Waals surface area contributed by atoms with Crippen molar-refractivity contribution in [3.05, 3.63) is 64.6 Å². The van der Waals surface area contributed by atoms with Gasteiger partial charge in [0.25, 0.3) is 5.89 Å². The van der Waals surface area contributed by atoms with Gasteiger partial charge in [0.05, 0.1) is 23.5 Å². The van der Waals surface area contributed by atoms with Gasteiger partial charge >= 0.3 is 0 Å². The number of hydrogen-bond donors (Lipinski definition) is 4. The van der Waals surface area contributed by atoms with Crippen LogP contribution in [0.1, 0.15) is 34.9 Å². The molecule has 196 valence electrons. The molecule has 3 aliphatic heterocycles. The number of carbonyl (C=O) groups is 1. The molecule has 7 rings (SSSR count). The highest BCUT2D eigenvalue weighted by Gasteiger charge is 2.29. The van der Waals surface area contributed by atoms with Crippen LogP contribution in [0, 0.1) is 0 Å². The molecule has 4 aliphatic rings. The van der Waals surface area contributed by atoms with Gasteiger partial charge < -0.3 is 30.4 Å². The molecule has 12 heteroatoms. The van der Waals surface area contributed by atoms with Crippen molar-refractivity contribution in [3.8, 4) is 11.5 Å². The Balaban J connectivity index is 0.945. The molecule has 12 nitrogen and oxygen atoms in total. The van der Waals surface area contributed by atoms with E-state index >= 15 is 0 Å². The van der Waals surface area contributed by atoms with Crippen molar-refractivity contribution in [2.24, 2.45) is 0 Å². The van der Waals surface area contributed by atoms with Crippen LogP contribution in [-0.2, 0) is 24.1 Å². The lowest BCUT2D eigenvalue weighted by Crippen LogP contribution is -2.41. The van der Waals surface area contributed by atoms with E-state index in [0.29, 0.717) is 36.4 Å². The quantitative estimate of drug-likeness (QED) is 0.371. The van der Waals surface area contributed by atoms with Crippen LogP contribution in [0.2, 0.25) is 0 Å². The second-order valence-electron chi connectivity index (χ2n) is 10.6. The first-order valence-corrected chi connectivity index (χ1v) is 13.1. The van der Waals surface area contributed by atoms with Crippen LogP contribution in [0.25, 0.3) is 11.5 Å². The zero-order valence-corrected chi connectivity index (χ0v) is 21.2. The largest absolute Gasteiger partial charge is 0.420 e. The Kier molecular flexibility index (Phi) is 5.70. The molecule has 1 amide bonds. The first kappa shape index (κ1) is 23.1. The number of nitrogens with one attached hydrogen (secondary N) is 4. The topological polar surface area (TPSA) is 136 Å². The Hall–Kier alpha value is -4.03. The minimum Gasteiger partial charge on any atom is -0.420 e. The maximum Gasteiger partial charge on any atom is 0.250 e. The van der Waals surface area contributed by atoms with Crippen LogP contribution in [0.4, 0.5) is 5.95 Å². The summed E-state index contributed by atoms with van der Waals surface area (Å²) < 4.78 is 5.76. The number of anilines is 1. The lowest BCUT2D eigenvalue weighted by Gasteiger charge is -2.36. The van der Waals surface area contributed by atoms with E-state index in [4.69, 9.17) is 4.42 Å². The van der Waals surface area contributed by atoms with Crippen LogP contribution in [-0.4, -0.2) is 75.1 Å². The number of nitrogens with zero attached hydrogens (tertiary/aromatic N) is 6. The molecular weight excluding hydrogens is 484 g/mol. The molecule has 1 saturated heterocycles. The number of fused-ring (bicyclic) bond motifs is 1. The summed E-state index contributed by atoms with van der Waals surface area (Å²) in [5, 5.41) is 11.6. The molecule has 1 fully saturated rings. The van der Waals surface area contributed by atoms with Gasteiger partial charge in [-0.2, -0.15) is 5.53 Å². The normalized spacial score (nSPS) is 21.0. The van der Waals surface area contributed by atoms with Crippen LogP contribution < -0.4 is 21.7 Å². The van der Waals surface area contributed by atoms with E-state index in [2.05, 4.69) is 72.0 Å². The fraction of sp³-hybridized carbons (Fsp3) is 0.423. The van der Waals surface area contributed by atoms with Gasteiger partial charge in [0, 0.05) is 50.4 Å². The van der Waals surface area contributed by atoms with Gasteiger partial charge in [0.1, 0.15) is 6.42 Å². The van der Waals surface area contributed by atoms with Crippen molar-refractivity contribution >= 4 is 11.9 Å². The molecule has 0 bridgehead atoms. The van der Waals surface area contributed by atoms with E-state index < -0.39 is 0 Å². The second-order valence-corrected chi connectivity index (χ2v) is 10.6. The van der Waals surface area contributed by atoms with Crippen LogP contribution >= 0.6 is 0 Å². The van der Waals surface area contributed by atoms with Crippen molar-refractivity contribution in [2.45, 2.75) is 37.6 Å². The van der Waals surface area contributed by atoms with Crippen molar-refractivity contribution in [2.75, 3.05) is 38.5 Å². The van der Waals surface area contributed by atoms with Crippen molar-refractivity contribution in [1.29, 1.82) is 0 Å². The van der Waals surface area contributed by atoms with Gasteiger partial charge in [0.2, 0.25) is 17.7 Å². The van der Waals surface area contributed by atoms with E-state index in [1.807, 2.05) is 0 Å². The Morgan fingerprint density at radius 2 is 1.92 bits per heavy atom. The highest BCUT2D eigenvalue weighted by Crippen LogP contribution is 2.31. The van der Waals surface area contributed by atoms with E-state index in [1.54, 1.807) is 17.3 Å². The van der Waals surface area contributed by atoms with E-state index in [-0.39, 0.29) is 24.3 Å². The predicted molar refractivity (Wildman–Crippen MR) is 138 cm³/mol. The van der Waals surface area contributed by atoms with Crippen molar-refractivity contribution in [3.63, 3.8) is 0 Å². The summed E-state index contributed by atoms with van der Waals surface area (Å²) in [6.45, 7) is 3.44. The SMILES string of the molecule is CN1CC(c2ccc3c(c2)CC(Nc2ncc(-c4nnc(CC(=O)N5CCC6=C(C5)NNN6)o4)cn2)C3)C1. The minimum absolute atomic E-state index is 0.0539. The third-order valence-corrected chi connectivity index (χ3v) is 7.82. The highest BCUT2D eigenvalue weighted by molar-refractivity contribution is 5.78. The number of likely N-dealkylation sites (N-methyl/N-ethyl adjacent to an activating group) is 1. The number of aromatic nitrogens is 4. The first-order chi connectivity index (χ1) is 18.6. The molecule has 1 unspecified atom stereocenters. The number of benzene rings is 1. The zero-order valence-electron chi connectivity index (χ0n) is 21.2.